The second kappa shape index (κ2) is 6.60. The highest BCUT2D eigenvalue weighted by molar-refractivity contribution is 7.98. The van der Waals surface area contributed by atoms with E-state index in [4.69, 9.17) is 9.47 Å². The molecule has 0 atom stereocenters. The maximum Gasteiger partial charge on any atom is 0.207 e. The fourth-order valence-corrected chi connectivity index (χ4v) is 2.70. The lowest BCUT2D eigenvalue weighted by Gasteiger charge is -2.15. The number of ether oxygens (including phenoxy) is 2. The zero-order chi connectivity index (χ0) is 14.6. The Morgan fingerprint density at radius 3 is 2.85 bits per heavy atom. The lowest BCUT2D eigenvalue weighted by atomic mass is 10.5. The monoisotopic (exact) mass is 311 g/mol. The minimum atomic E-state index is -1.03. The van der Waals surface area contributed by atoms with Crippen LogP contribution in [-0.4, -0.2) is 42.3 Å². The number of hydrogen-bond acceptors (Lipinski definition) is 5. The van der Waals surface area contributed by atoms with Gasteiger partial charge in [0.25, 0.3) is 0 Å². The second-order valence-corrected chi connectivity index (χ2v) is 12.1. The normalized spacial score (nSPS) is 12.0. The van der Waals surface area contributed by atoms with Crippen LogP contribution in [0.15, 0.2) is 23.6 Å². The van der Waals surface area contributed by atoms with Crippen molar-refractivity contribution in [3.05, 3.63) is 18.5 Å². The quantitative estimate of drug-likeness (QED) is 0.340. The fourth-order valence-electron chi connectivity index (χ4n) is 1.62. The van der Waals surface area contributed by atoms with E-state index >= 15 is 0 Å². The predicted molar refractivity (Wildman–Crippen MR) is 84.4 cm³/mol. The molecule has 0 aromatic carbocycles. The van der Waals surface area contributed by atoms with E-state index in [9.17, 15) is 0 Å². The zero-order valence-electron chi connectivity index (χ0n) is 12.4. The van der Waals surface area contributed by atoms with E-state index in [2.05, 4.69) is 29.7 Å². The molecule has 2 aromatic rings. The molecule has 0 saturated carbocycles. The van der Waals surface area contributed by atoms with Gasteiger partial charge in [-0.3, -0.25) is 0 Å². The molecular weight excluding hydrogens is 290 g/mol. The molecule has 0 saturated heterocycles. The molecule has 0 spiro atoms. The van der Waals surface area contributed by atoms with Gasteiger partial charge in [-0.1, -0.05) is 31.4 Å². The first kappa shape index (κ1) is 15.3. The van der Waals surface area contributed by atoms with Crippen LogP contribution in [0.2, 0.25) is 25.7 Å². The van der Waals surface area contributed by atoms with Gasteiger partial charge >= 0.3 is 0 Å². The zero-order valence-corrected chi connectivity index (χ0v) is 14.2. The van der Waals surface area contributed by atoms with Crippen LogP contribution in [0.25, 0.3) is 5.52 Å². The Hall–Kier alpha value is -1.05. The van der Waals surface area contributed by atoms with Crippen LogP contribution in [0.5, 0.6) is 5.75 Å². The molecule has 5 nitrogen and oxygen atoms in total. The number of hydrogen-bond donors (Lipinski definition) is 0. The van der Waals surface area contributed by atoms with Crippen LogP contribution >= 0.6 is 11.8 Å². The SMILES string of the molecule is CSc1ncc2c(OCOCC[Si](C)(C)C)ccn2n1. The summed E-state index contributed by atoms with van der Waals surface area (Å²) in [6, 6.07) is 3.03. The van der Waals surface area contributed by atoms with Crippen molar-refractivity contribution in [3.8, 4) is 5.75 Å². The summed E-state index contributed by atoms with van der Waals surface area (Å²) in [7, 11) is -1.03. The van der Waals surface area contributed by atoms with Gasteiger partial charge < -0.3 is 9.47 Å². The maximum atomic E-state index is 5.63. The Balaban J connectivity index is 1.87. The van der Waals surface area contributed by atoms with E-state index in [1.807, 2.05) is 18.5 Å². The summed E-state index contributed by atoms with van der Waals surface area (Å²) in [6.45, 7) is 8.03. The summed E-state index contributed by atoms with van der Waals surface area (Å²) in [5.41, 5.74) is 0.858. The van der Waals surface area contributed by atoms with Crippen LogP contribution < -0.4 is 4.74 Å². The molecule has 0 bridgehead atoms. The van der Waals surface area contributed by atoms with Crippen molar-refractivity contribution >= 4 is 25.4 Å². The number of aromatic nitrogens is 3. The highest BCUT2D eigenvalue weighted by Gasteiger charge is 2.12. The summed E-state index contributed by atoms with van der Waals surface area (Å²) in [5, 5.41) is 5.09. The maximum absolute atomic E-state index is 5.63. The van der Waals surface area contributed by atoms with Gasteiger partial charge in [-0.15, -0.1) is 5.10 Å². The fraction of sp³-hybridized carbons (Fsp3) is 0.538. The topological polar surface area (TPSA) is 48.7 Å². The van der Waals surface area contributed by atoms with Crippen LogP contribution in [0.4, 0.5) is 0 Å². The van der Waals surface area contributed by atoms with Crippen LogP contribution in [0.1, 0.15) is 0 Å². The number of thioether (sulfide) groups is 1. The summed E-state index contributed by atoms with van der Waals surface area (Å²) >= 11 is 1.51. The highest BCUT2D eigenvalue weighted by atomic mass is 32.2. The first-order valence-electron chi connectivity index (χ1n) is 6.58. The van der Waals surface area contributed by atoms with Crippen LogP contribution in [0, 0.1) is 0 Å². The number of nitrogens with zero attached hydrogens (tertiary/aromatic N) is 3. The smallest absolute Gasteiger partial charge is 0.207 e. The van der Waals surface area contributed by atoms with Gasteiger partial charge in [0, 0.05) is 26.9 Å². The van der Waals surface area contributed by atoms with Crippen molar-refractivity contribution in [1.29, 1.82) is 0 Å². The standard InChI is InChI=1S/C13H21N3O2SSi/c1-19-13-14-9-11-12(5-6-16(11)15-13)18-10-17-7-8-20(2,3)4/h5-6,9H,7-8,10H2,1-4H3. The molecule has 0 aliphatic heterocycles. The van der Waals surface area contributed by atoms with E-state index in [0.717, 1.165) is 29.1 Å². The molecule has 0 fully saturated rings. The molecule has 110 valence electrons. The van der Waals surface area contributed by atoms with Crippen molar-refractivity contribution < 1.29 is 9.47 Å². The summed E-state index contributed by atoms with van der Waals surface area (Å²) in [5.74, 6) is 0.755. The van der Waals surface area contributed by atoms with Crippen molar-refractivity contribution in [2.24, 2.45) is 0 Å². The first-order chi connectivity index (χ1) is 9.49. The van der Waals surface area contributed by atoms with E-state index in [1.54, 1.807) is 10.7 Å². The molecule has 0 aliphatic carbocycles. The van der Waals surface area contributed by atoms with Crippen molar-refractivity contribution in [2.75, 3.05) is 19.7 Å². The average molecular weight is 311 g/mol. The lowest BCUT2D eigenvalue weighted by Crippen LogP contribution is -2.22. The Bertz CT molecular complexity index is 568. The van der Waals surface area contributed by atoms with Gasteiger partial charge in [0.05, 0.1) is 6.20 Å². The average Bonchev–Trinajstić information content (AvgIpc) is 2.79. The molecule has 2 rings (SSSR count). The number of rotatable bonds is 7. The minimum Gasteiger partial charge on any atom is -0.465 e. The van der Waals surface area contributed by atoms with E-state index in [-0.39, 0.29) is 6.79 Å². The summed E-state index contributed by atoms with van der Waals surface area (Å²) < 4.78 is 12.9. The molecule has 2 heterocycles. The molecule has 2 aromatic heterocycles. The first-order valence-corrected chi connectivity index (χ1v) is 11.5. The third-order valence-electron chi connectivity index (χ3n) is 2.83. The molecule has 0 N–H and O–H groups in total. The summed E-state index contributed by atoms with van der Waals surface area (Å²) in [6.07, 6.45) is 5.60. The molecule has 0 radical (unpaired) electrons. The summed E-state index contributed by atoms with van der Waals surface area (Å²) in [4.78, 5) is 4.25. The van der Waals surface area contributed by atoms with Crippen molar-refractivity contribution in [2.45, 2.75) is 30.8 Å². The minimum absolute atomic E-state index is 0.272. The molecule has 0 amide bonds. The van der Waals surface area contributed by atoms with Crippen LogP contribution in [-0.2, 0) is 4.74 Å². The van der Waals surface area contributed by atoms with Gasteiger partial charge in [-0.05, 0) is 12.3 Å². The third kappa shape index (κ3) is 4.22. The predicted octanol–water partition coefficient (Wildman–Crippen LogP) is 3.14. The Morgan fingerprint density at radius 2 is 2.15 bits per heavy atom. The van der Waals surface area contributed by atoms with Crippen LogP contribution in [0.3, 0.4) is 0 Å². The van der Waals surface area contributed by atoms with E-state index in [0.29, 0.717) is 0 Å². The second-order valence-electron chi connectivity index (χ2n) is 5.74. The third-order valence-corrected chi connectivity index (χ3v) is 5.09. The number of fused-ring (bicyclic) bond motifs is 1. The van der Waals surface area contributed by atoms with Crippen molar-refractivity contribution in [3.63, 3.8) is 0 Å². The highest BCUT2D eigenvalue weighted by Crippen LogP contribution is 2.21. The molecular formula is C13H21N3O2SSi. The van der Waals surface area contributed by atoms with Gasteiger partial charge in [-0.2, -0.15) is 0 Å². The van der Waals surface area contributed by atoms with Gasteiger partial charge in [0.1, 0.15) is 5.52 Å². The van der Waals surface area contributed by atoms with Gasteiger partial charge in [0.2, 0.25) is 5.16 Å². The molecule has 20 heavy (non-hydrogen) atoms. The molecule has 0 unspecified atom stereocenters. The Labute approximate surface area is 124 Å². The Morgan fingerprint density at radius 1 is 1.35 bits per heavy atom. The molecule has 0 aliphatic rings. The lowest BCUT2D eigenvalue weighted by molar-refractivity contribution is 0.0230. The van der Waals surface area contributed by atoms with Gasteiger partial charge in [0.15, 0.2) is 12.5 Å². The van der Waals surface area contributed by atoms with Gasteiger partial charge in [-0.25, -0.2) is 9.50 Å². The van der Waals surface area contributed by atoms with E-state index in [1.165, 1.54) is 11.8 Å². The van der Waals surface area contributed by atoms with E-state index < -0.39 is 8.07 Å². The molecule has 7 heteroatoms. The Kier molecular flexibility index (Phi) is 5.06. The van der Waals surface area contributed by atoms with Crippen molar-refractivity contribution in [1.82, 2.24) is 14.6 Å². The largest absolute Gasteiger partial charge is 0.465 e.